The molecule has 8 nitrogen and oxygen atoms in total. The van der Waals surface area contributed by atoms with E-state index in [4.69, 9.17) is 4.52 Å². The Bertz CT molecular complexity index is 1200. The van der Waals surface area contributed by atoms with E-state index in [0.29, 0.717) is 36.7 Å². The topological polar surface area (TPSA) is 105 Å². The van der Waals surface area contributed by atoms with Gasteiger partial charge in [-0.2, -0.15) is 9.29 Å². The number of nitrogens with zero attached hydrogens (tertiary/aromatic N) is 3. The Labute approximate surface area is 185 Å². The van der Waals surface area contributed by atoms with E-state index < -0.39 is 15.9 Å². The predicted molar refractivity (Wildman–Crippen MR) is 118 cm³/mol. The minimum atomic E-state index is -3.71. The molecular formula is C21H24N4O4S2. The van der Waals surface area contributed by atoms with Crippen LogP contribution in [0.3, 0.4) is 0 Å². The number of piperidine rings is 1. The Morgan fingerprint density at radius 3 is 2.68 bits per heavy atom. The third-order valence-corrected chi connectivity index (χ3v) is 8.72. The van der Waals surface area contributed by atoms with Crippen molar-refractivity contribution in [3.63, 3.8) is 0 Å². The number of nitrogens with one attached hydrogen (secondary N) is 1. The van der Waals surface area contributed by atoms with Crippen molar-refractivity contribution in [2.75, 3.05) is 18.4 Å². The molecule has 164 valence electrons. The molecule has 0 radical (unpaired) electrons. The highest BCUT2D eigenvalue weighted by Crippen LogP contribution is 2.31. The molecule has 0 aliphatic carbocycles. The Morgan fingerprint density at radius 1 is 1.26 bits per heavy atom. The van der Waals surface area contributed by atoms with E-state index in [9.17, 15) is 13.2 Å². The van der Waals surface area contributed by atoms with Crippen LogP contribution in [-0.4, -0.2) is 41.9 Å². The van der Waals surface area contributed by atoms with E-state index >= 15 is 0 Å². The fraction of sp³-hybridized carbons (Fsp3) is 0.381. The molecule has 1 fully saturated rings. The zero-order valence-electron chi connectivity index (χ0n) is 17.6. The summed E-state index contributed by atoms with van der Waals surface area (Å²) in [5.74, 6) is 0.229. The quantitative estimate of drug-likeness (QED) is 0.621. The van der Waals surface area contributed by atoms with Gasteiger partial charge in [0.1, 0.15) is 4.21 Å². The van der Waals surface area contributed by atoms with Crippen molar-refractivity contribution in [1.82, 2.24) is 14.4 Å². The third-order valence-electron chi connectivity index (χ3n) is 5.44. The summed E-state index contributed by atoms with van der Waals surface area (Å²) >= 11 is 1.12. The molecule has 1 aliphatic rings. The first-order valence-electron chi connectivity index (χ1n) is 10.0. The van der Waals surface area contributed by atoms with Crippen LogP contribution >= 0.6 is 11.3 Å². The summed E-state index contributed by atoms with van der Waals surface area (Å²) in [7, 11) is -3.71. The lowest BCUT2D eigenvalue weighted by atomic mass is 9.98. The normalized spacial score (nSPS) is 17.6. The molecule has 4 rings (SSSR count). The van der Waals surface area contributed by atoms with Gasteiger partial charge < -0.3 is 9.84 Å². The van der Waals surface area contributed by atoms with E-state index in [1.807, 2.05) is 32.0 Å². The predicted octanol–water partition coefficient (Wildman–Crippen LogP) is 3.76. The summed E-state index contributed by atoms with van der Waals surface area (Å²) in [5.41, 5.74) is 3.36. The maximum absolute atomic E-state index is 13.2. The number of anilines is 1. The van der Waals surface area contributed by atoms with Crippen LogP contribution in [0, 0.1) is 26.7 Å². The molecule has 3 heterocycles. The third kappa shape index (κ3) is 4.41. The van der Waals surface area contributed by atoms with Crippen LogP contribution < -0.4 is 5.32 Å². The van der Waals surface area contributed by atoms with E-state index in [2.05, 4.69) is 15.5 Å². The Morgan fingerprint density at radius 2 is 2.00 bits per heavy atom. The highest BCUT2D eigenvalue weighted by molar-refractivity contribution is 7.91. The smallest absolute Gasteiger partial charge is 0.252 e. The number of thiophene rings is 1. The highest BCUT2D eigenvalue weighted by atomic mass is 32.2. The summed E-state index contributed by atoms with van der Waals surface area (Å²) in [5, 5.41) is 8.55. The molecule has 10 heteroatoms. The molecule has 1 atom stereocenters. The Kier molecular flexibility index (Phi) is 5.96. The SMILES string of the molecule is Cc1nc(-c2csc(S(=O)(=O)N3CCCC(C(=O)Nc4c(C)cccc4C)C3)c2)no1. The maximum Gasteiger partial charge on any atom is 0.252 e. The van der Waals surface area contributed by atoms with Crippen LogP contribution in [0.15, 0.2) is 38.4 Å². The van der Waals surface area contributed by atoms with Crippen molar-refractivity contribution in [3.8, 4) is 11.4 Å². The first-order chi connectivity index (χ1) is 14.8. The van der Waals surface area contributed by atoms with Gasteiger partial charge in [-0.05, 0) is 43.9 Å². The summed E-state index contributed by atoms with van der Waals surface area (Å²) in [6, 6.07) is 7.39. The number of carbonyl (C=O) groups excluding carboxylic acids is 1. The Hall–Kier alpha value is -2.56. The second-order valence-corrected chi connectivity index (χ2v) is 10.8. The van der Waals surface area contributed by atoms with E-state index in [1.54, 1.807) is 18.4 Å². The lowest BCUT2D eigenvalue weighted by Crippen LogP contribution is -2.43. The molecule has 1 aromatic carbocycles. The molecule has 1 amide bonds. The van der Waals surface area contributed by atoms with Crippen molar-refractivity contribution >= 4 is 33.0 Å². The standard InChI is InChI=1S/C21H24N4O4S2/c1-13-6-4-7-14(2)19(13)23-21(26)16-8-5-9-25(11-16)31(27,28)18-10-17(12-30-18)20-22-15(3)29-24-20/h4,6-7,10,12,16H,5,8-9,11H2,1-3H3,(H,23,26). The number of benzene rings is 1. The number of amides is 1. The molecule has 1 saturated heterocycles. The molecule has 1 N–H and O–H groups in total. The molecule has 0 spiro atoms. The first-order valence-corrected chi connectivity index (χ1v) is 12.3. The monoisotopic (exact) mass is 460 g/mol. The number of hydrogen-bond acceptors (Lipinski definition) is 7. The van der Waals surface area contributed by atoms with Gasteiger partial charge in [0.15, 0.2) is 0 Å². The number of carbonyl (C=O) groups is 1. The summed E-state index contributed by atoms with van der Waals surface area (Å²) < 4.78 is 33.0. The lowest BCUT2D eigenvalue weighted by molar-refractivity contribution is -0.120. The van der Waals surface area contributed by atoms with Crippen LogP contribution in [0.2, 0.25) is 0 Å². The van der Waals surface area contributed by atoms with E-state index in [1.165, 1.54) is 4.31 Å². The molecule has 0 bridgehead atoms. The number of para-hydroxylation sites is 1. The molecule has 1 aliphatic heterocycles. The lowest BCUT2D eigenvalue weighted by Gasteiger charge is -2.31. The summed E-state index contributed by atoms with van der Waals surface area (Å²) in [6.45, 7) is 6.12. The van der Waals surface area contributed by atoms with Gasteiger partial charge >= 0.3 is 0 Å². The minimum Gasteiger partial charge on any atom is -0.339 e. The van der Waals surface area contributed by atoms with Gasteiger partial charge in [0.05, 0.1) is 5.92 Å². The fourth-order valence-corrected chi connectivity index (χ4v) is 6.56. The average Bonchev–Trinajstić information content (AvgIpc) is 3.40. The number of aromatic nitrogens is 2. The molecule has 2 aromatic heterocycles. The zero-order chi connectivity index (χ0) is 22.2. The van der Waals surface area contributed by atoms with Crippen LogP contribution in [-0.2, 0) is 14.8 Å². The van der Waals surface area contributed by atoms with Crippen molar-refractivity contribution in [2.45, 2.75) is 37.8 Å². The van der Waals surface area contributed by atoms with Crippen LogP contribution in [0.1, 0.15) is 29.9 Å². The number of rotatable bonds is 5. The van der Waals surface area contributed by atoms with Gasteiger partial charge in [0.2, 0.25) is 17.6 Å². The van der Waals surface area contributed by atoms with Crippen LogP contribution in [0.4, 0.5) is 5.69 Å². The van der Waals surface area contributed by atoms with E-state index in [0.717, 1.165) is 28.2 Å². The van der Waals surface area contributed by atoms with Crippen LogP contribution in [0.25, 0.3) is 11.4 Å². The van der Waals surface area contributed by atoms with Crippen molar-refractivity contribution in [1.29, 1.82) is 0 Å². The first kappa shape index (κ1) is 21.7. The van der Waals surface area contributed by atoms with Gasteiger partial charge in [-0.15, -0.1) is 11.3 Å². The fourth-order valence-electron chi connectivity index (χ4n) is 3.72. The van der Waals surface area contributed by atoms with Gasteiger partial charge in [0, 0.05) is 36.6 Å². The number of sulfonamides is 1. The highest BCUT2D eigenvalue weighted by Gasteiger charge is 2.34. The summed E-state index contributed by atoms with van der Waals surface area (Å²) in [6.07, 6.45) is 1.28. The summed E-state index contributed by atoms with van der Waals surface area (Å²) in [4.78, 5) is 17.1. The number of hydrogen-bond donors (Lipinski definition) is 1. The van der Waals surface area contributed by atoms with Gasteiger partial charge in [0.25, 0.3) is 10.0 Å². The zero-order valence-corrected chi connectivity index (χ0v) is 19.2. The minimum absolute atomic E-state index is 0.147. The van der Waals surface area contributed by atoms with E-state index in [-0.39, 0.29) is 16.7 Å². The molecule has 1 unspecified atom stereocenters. The van der Waals surface area contributed by atoms with Gasteiger partial charge in [-0.1, -0.05) is 23.4 Å². The number of aryl methyl sites for hydroxylation is 3. The van der Waals surface area contributed by atoms with Crippen molar-refractivity contribution in [2.24, 2.45) is 5.92 Å². The van der Waals surface area contributed by atoms with Gasteiger partial charge in [-0.3, -0.25) is 4.79 Å². The second kappa shape index (κ2) is 8.52. The molecule has 3 aromatic rings. The maximum atomic E-state index is 13.2. The molecular weight excluding hydrogens is 436 g/mol. The Balaban J connectivity index is 1.50. The van der Waals surface area contributed by atoms with Crippen LogP contribution in [0.5, 0.6) is 0 Å². The van der Waals surface area contributed by atoms with Crippen molar-refractivity contribution in [3.05, 3.63) is 46.7 Å². The van der Waals surface area contributed by atoms with Crippen molar-refractivity contribution < 1.29 is 17.7 Å². The molecule has 31 heavy (non-hydrogen) atoms. The second-order valence-electron chi connectivity index (χ2n) is 7.75. The largest absolute Gasteiger partial charge is 0.339 e. The average molecular weight is 461 g/mol. The van der Waals surface area contributed by atoms with Gasteiger partial charge in [-0.25, -0.2) is 8.42 Å². The molecule has 0 saturated carbocycles.